The maximum Gasteiger partial charge on any atom is 0.303 e. The molecule has 0 heterocycles. The van der Waals surface area contributed by atoms with E-state index < -0.39 is 22.7 Å². The highest BCUT2D eigenvalue weighted by molar-refractivity contribution is 7.84. The number of carbonyl (C=O) groups is 2. The maximum absolute atomic E-state index is 12.1. The van der Waals surface area contributed by atoms with Gasteiger partial charge in [-0.3, -0.25) is 13.8 Å². The Kier molecular flexibility index (Phi) is 10.4. The number of aliphatic carboxylic acids is 2. The molecule has 0 radical (unpaired) electrons. The molecule has 0 saturated carbocycles. The molecule has 5 nitrogen and oxygen atoms in total. The van der Waals surface area contributed by atoms with Crippen molar-refractivity contribution < 1.29 is 24.0 Å². The fourth-order valence-corrected chi connectivity index (χ4v) is 3.80. The average Bonchev–Trinajstić information content (AvgIpc) is 2.43. The number of rotatable bonds is 14. The number of carboxylic acid groups (broad SMARTS) is 2. The van der Waals surface area contributed by atoms with Crippen LogP contribution >= 0.6 is 0 Å². The van der Waals surface area contributed by atoms with Crippen LogP contribution < -0.4 is 0 Å². The highest BCUT2D eigenvalue weighted by Gasteiger charge is 2.20. The highest BCUT2D eigenvalue weighted by atomic mass is 32.2. The highest BCUT2D eigenvalue weighted by Crippen LogP contribution is 2.29. The van der Waals surface area contributed by atoms with Crippen molar-refractivity contribution in [3.63, 3.8) is 0 Å². The van der Waals surface area contributed by atoms with E-state index in [1.165, 1.54) is 0 Å². The smallest absolute Gasteiger partial charge is 0.303 e. The second-order valence-corrected chi connectivity index (χ2v) is 9.87. The molecule has 0 aromatic carbocycles. The fourth-order valence-electron chi connectivity index (χ4n) is 2.67. The molecule has 0 aliphatic rings. The summed E-state index contributed by atoms with van der Waals surface area (Å²) in [5.41, 5.74) is -0.0528. The second-order valence-electron chi connectivity index (χ2n) is 8.17. The van der Waals surface area contributed by atoms with Crippen molar-refractivity contribution in [3.8, 4) is 0 Å². The van der Waals surface area contributed by atoms with E-state index >= 15 is 0 Å². The average molecular weight is 363 g/mol. The molecule has 6 heteroatoms. The van der Waals surface area contributed by atoms with Crippen LogP contribution in [-0.2, 0) is 20.4 Å². The van der Waals surface area contributed by atoms with Crippen molar-refractivity contribution in [2.24, 2.45) is 10.8 Å². The predicted octanol–water partition coefficient (Wildman–Crippen LogP) is 4.08. The molecule has 0 aliphatic heterocycles. The second kappa shape index (κ2) is 10.9. The summed E-state index contributed by atoms with van der Waals surface area (Å²) in [6.07, 6.45) is 5.12. The lowest BCUT2D eigenvalue weighted by Crippen LogP contribution is -2.16. The summed E-state index contributed by atoms with van der Waals surface area (Å²) < 4.78 is 12.1. The Balaban J connectivity index is 3.90. The summed E-state index contributed by atoms with van der Waals surface area (Å²) in [7, 11) is -0.847. The zero-order valence-corrected chi connectivity index (χ0v) is 16.4. The Morgan fingerprint density at radius 1 is 0.750 bits per heavy atom. The van der Waals surface area contributed by atoms with Crippen LogP contribution in [0.25, 0.3) is 0 Å². The van der Waals surface area contributed by atoms with Crippen molar-refractivity contribution in [1.29, 1.82) is 0 Å². The minimum absolute atomic E-state index is 0.0264. The van der Waals surface area contributed by atoms with E-state index in [0.717, 1.165) is 25.7 Å². The monoisotopic (exact) mass is 362 g/mol. The Morgan fingerprint density at radius 2 is 1.08 bits per heavy atom. The van der Waals surface area contributed by atoms with Gasteiger partial charge < -0.3 is 10.2 Å². The lowest BCUT2D eigenvalue weighted by molar-refractivity contribution is -0.138. The van der Waals surface area contributed by atoms with Crippen molar-refractivity contribution in [2.45, 2.75) is 79.1 Å². The van der Waals surface area contributed by atoms with E-state index in [4.69, 9.17) is 10.2 Å². The third-order valence-electron chi connectivity index (χ3n) is 4.48. The van der Waals surface area contributed by atoms with Crippen LogP contribution in [0.4, 0.5) is 0 Å². The van der Waals surface area contributed by atoms with E-state index in [1.54, 1.807) is 0 Å². The molecule has 142 valence electrons. The van der Waals surface area contributed by atoms with Gasteiger partial charge in [-0.1, -0.05) is 27.7 Å². The first-order valence-corrected chi connectivity index (χ1v) is 10.2. The van der Waals surface area contributed by atoms with Gasteiger partial charge in [0, 0.05) is 35.1 Å². The van der Waals surface area contributed by atoms with Crippen LogP contribution in [0.15, 0.2) is 0 Å². The van der Waals surface area contributed by atoms with Gasteiger partial charge in [0.05, 0.1) is 0 Å². The molecule has 0 aliphatic carbocycles. The zero-order chi connectivity index (χ0) is 18.8. The summed E-state index contributed by atoms with van der Waals surface area (Å²) in [6, 6.07) is 0. The van der Waals surface area contributed by atoms with Gasteiger partial charge in [0.15, 0.2) is 0 Å². The van der Waals surface area contributed by atoms with Gasteiger partial charge >= 0.3 is 11.9 Å². The van der Waals surface area contributed by atoms with E-state index in [1.807, 2.05) is 0 Å². The summed E-state index contributed by atoms with van der Waals surface area (Å²) in [6.45, 7) is 8.24. The molecule has 0 rings (SSSR count). The molecular weight excluding hydrogens is 328 g/mol. The quantitative estimate of drug-likeness (QED) is 0.486. The van der Waals surface area contributed by atoms with E-state index in [2.05, 4.69) is 27.7 Å². The van der Waals surface area contributed by atoms with Crippen molar-refractivity contribution in [2.75, 3.05) is 11.5 Å². The summed E-state index contributed by atoms with van der Waals surface area (Å²) in [5, 5.41) is 17.5. The number of carboxylic acids is 2. The molecule has 0 fully saturated rings. The van der Waals surface area contributed by atoms with Crippen LogP contribution in [0, 0.1) is 10.8 Å². The lowest BCUT2D eigenvalue weighted by atomic mass is 9.83. The van der Waals surface area contributed by atoms with Gasteiger partial charge in [0.1, 0.15) is 0 Å². The SMILES string of the molecule is CC(C)(CCCS(=O)CCCC(C)(C)CCC(=O)O)CCC(=O)O. The first-order valence-electron chi connectivity index (χ1n) is 8.72. The lowest BCUT2D eigenvalue weighted by Gasteiger charge is -2.24. The summed E-state index contributed by atoms with van der Waals surface area (Å²) in [4.78, 5) is 21.3. The summed E-state index contributed by atoms with van der Waals surface area (Å²) >= 11 is 0. The third-order valence-corrected chi connectivity index (χ3v) is 5.97. The molecule has 0 aromatic heterocycles. The van der Waals surface area contributed by atoms with Crippen LogP contribution in [0.5, 0.6) is 0 Å². The molecule has 0 amide bonds. The molecule has 24 heavy (non-hydrogen) atoms. The summed E-state index contributed by atoms with van der Waals surface area (Å²) in [5.74, 6) is -0.215. The molecule has 0 aromatic rings. The molecule has 0 atom stereocenters. The van der Waals surface area contributed by atoms with Gasteiger partial charge in [-0.15, -0.1) is 0 Å². The Labute approximate surface area is 148 Å². The zero-order valence-electron chi connectivity index (χ0n) is 15.6. The molecule has 2 N–H and O–H groups in total. The molecule has 0 saturated heterocycles. The van der Waals surface area contributed by atoms with E-state index in [0.29, 0.717) is 24.3 Å². The minimum Gasteiger partial charge on any atom is -0.481 e. The molecule has 0 spiro atoms. The minimum atomic E-state index is -0.847. The van der Waals surface area contributed by atoms with Gasteiger partial charge in [0.2, 0.25) is 0 Å². The van der Waals surface area contributed by atoms with E-state index in [9.17, 15) is 13.8 Å². The standard InChI is InChI=1S/C18H34O5S/c1-17(2,11-7-15(19)20)9-5-13-24(23)14-6-10-18(3,4)12-8-16(21)22/h5-14H2,1-4H3,(H,19,20)(H,21,22). The predicted molar refractivity (Wildman–Crippen MR) is 97.6 cm³/mol. The van der Waals surface area contributed by atoms with Crippen LogP contribution in [0.3, 0.4) is 0 Å². The fraction of sp³-hybridized carbons (Fsp3) is 0.889. The van der Waals surface area contributed by atoms with Gasteiger partial charge in [-0.05, 0) is 49.4 Å². The molecule has 0 bridgehead atoms. The number of hydrogen-bond acceptors (Lipinski definition) is 3. The molecule has 0 unspecified atom stereocenters. The Hall–Kier alpha value is -0.910. The topological polar surface area (TPSA) is 91.7 Å². The normalized spacial score (nSPS) is 12.5. The first-order chi connectivity index (χ1) is 10.9. The van der Waals surface area contributed by atoms with Crippen molar-refractivity contribution in [3.05, 3.63) is 0 Å². The molecular formula is C18H34O5S. The van der Waals surface area contributed by atoms with Crippen molar-refractivity contribution >= 4 is 22.7 Å². The van der Waals surface area contributed by atoms with Crippen molar-refractivity contribution in [1.82, 2.24) is 0 Å². The Morgan fingerprint density at radius 3 is 1.38 bits per heavy atom. The largest absolute Gasteiger partial charge is 0.481 e. The Bertz CT molecular complexity index is 391. The van der Waals surface area contributed by atoms with Gasteiger partial charge in [-0.25, -0.2) is 0 Å². The van der Waals surface area contributed by atoms with Gasteiger partial charge in [-0.2, -0.15) is 0 Å². The van der Waals surface area contributed by atoms with Crippen LogP contribution in [0.2, 0.25) is 0 Å². The van der Waals surface area contributed by atoms with E-state index in [-0.39, 0.29) is 23.7 Å². The third kappa shape index (κ3) is 13.5. The van der Waals surface area contributed by atoms with Gasteiger partial charge in [0.25, 0.3) is 0 Å². The van der Waals surface area contributed by atoms with Crippen LogP contribution in [0.1, 0.15) is 79.1 Å². The maximum atomic E-state index is 12.1. The first kappa shape index (κ1) is 23.1. The van der Waals surface area contributed by atoms with Crippen LogP contribution in [-0.4, -0.2) is 37.9 Å². The number of hydrogen-bond donors (Lipinski definition) is 2.